The summed E-state index contributed by atoms with van der Waals surface area (Å²) >= 11 is 5.99. The molecule has 0 spiro atoms. The Bertz CT molecular complexity index is 724. The predicted molar refractivity (Wildman–Crippen MR) is 97.7 cm³/mol. The second kappa shape index (κ2) is 9.57. The fraction of sp³-hybridized carbons (Fsp3) is 0.278. The van der Waals surface area contributed by atoms with Gasteiger partial charge in [0.05, 0.1) is 6.42 Å². The maximum absolute atomic E-state index is 11.2. The minimum atomic E-state index is -0.999. The van der Waals surface area contributed by atoms with Gasteiger partial charge in [-0.2, -0.15) is 4.91 Å². The van der Waals surface area contributed by atoms with Crippen LogP contribution in [0.5, 0.6) is 0 Å². The molecule has 0 saturated carbocycles. The molecular formula is C18H19ClN4O2. The molecule has 0 amide bonds. The van der Waals surface area contributed by atoms with E-state index in [1.165, 1.54) is 0 Å². The number of rotatable bonds is 8. The summed E-state index contributed by atoms with van der Waals surface area (Å²) in [6.07, 6.45) is 11.2. The number of halogens is 1. The molecule has 1 aromatic carbocycles. The molecule has 0 radical (unpaired) electrons. The third kappa shape index (κ3) is 5.71. The molecule has 130 valence electrons. The Morgan fingerprint density at radius 1 is 1.36 bits per heavy atom. The lowest BCUT2D eigenvalue weighted by Gasteiger charge is -2.24. The highest BCUT2D eigenvalue weighted by molar-refractivity contribution is 6.13. The van der Waals surface area contributed by atoms with Crippen LogP contribution in [0, 0.1) is 0 Å². The standard InChI is InChI=1S/C18H19ClN4O2/c19-23(22-21-20)16(13-18(24)25)12-17(15-10-6-3-7-11-15)14-8-4-1-2-5-9-14/h1,3-11,16-17H,2,12-13H2,(H,24,25). The van der Waals surface area contributed by atoms with Gasteiger partial charge in [-0.25, -0.2) is 0 Å². The first kappa shape index (κ1) is 18.6. The van der Waals surface area contributed by atoms with Crippen molar-refractivity contribution in [3.8, 4) is 0 Å². The van der Waals surface area contributed by atoms with Crippen LogP contribution in [0.2, 0.25) is 0 Å². The Morgan fingerprint density at radius 2 is 2.12 bits per heavy atom. The monoisotopic (exact) mass is 358 g/mol. The number of allylic oxidation sites excluding steroid dienone is 6. The molecule has 25 heavy (non-hydrogen) atoms. The highest BCUT2D eigenvalue weighted by Crippen LogP contribution is 2.33. The Hall–Kier alpha value is -2.69. The van der Waals surface area contributed by atoms with Gasteiger partial charge in [-0.15, -0.1) is 10.1 Å². The molecule has 0 aliphatic heterocycles. The molecule has 0 aromatic heterocycles. The molecule has 1 aliphatic rings. The maximum atomic E-state index is 11.2. The Labute approximate surface area is 151 Å². The van der Waals surface area contributed by atoms with Gasteiger partial charge >= 0.3 is 5.97 Å². The summed E-state index contributed by atoms with van der Waals surface area (Å²) in [6, 6.07) is 9.17. The van der Waals surface area contributed by atoms with E-state index >= 15 is 0 Å². The average molecular weight is 359 g/mol. The third-order valence-corrected chi connectivity index (χ3v) is 4.30. The zero-order chi connectivity index (χ0) is 18.1. The van der Waals surface area contributed by atoms with E-state index in [9.17, 15) is 9.90 Å². The van der Waals surface area contributed by atoms with E-state index in [2.05, 4.69) is 16.2 Å². The van der Waals surface area contributed by atoms with Crippen LogP contribution >= 0.6 is 11.8 Å². The minimum Gasteiger partial charge on any atom is -0.481 e. The van der Waals surface area contributed by atoms with Gasteiger partial charge in [0.1, 0.15) is 17.8 Å². The fourth-order valence-electron chi connectivity index (χ4n) is 2.81. The smallest absolute Gasteiger partial charge is 0.307 e. The van der Waals surface area contributed by atoms with E-state index in [1.54, 1.807) is 0 Å². The molecule has 2 atom stereocenters. The van der Waals surface area contributed by atoms with Crippen molar-refractivity contribution in [1.29, 1.82) is 0 Å². The van der Waals surface area contributed by atoms with Crippen LogP contribution in [0.15, 0.2) is 71.5 Å². The number of benzene rings is 1. The number of azide groups is 1. The van der Waals surface area contributed by atoms with Crippen LogP contribution in [-0.4, -0.2) is 21.6 Å². The summed E-state index contributed by atoms with van der Waals surface area (Å²) in [7, 11) is 0. The molecule has 0 heterocycles. The van der Waals surface area contributed by atoms with Crippen molar-refractivity contribution in [3.05, 3.63) is 82.3 Å². The van der Waals surface area contributed by atoms with Crippen molar-refractivity contribution in [3.63, 3.8) is 0 Å². The van der Waals surface area contributed by atoms with Crippen LogP contribution in [-0.2, 0) is 4.79 Å². The van der Waals surface area contributed by atoms with Gasteiger partial charge in [0, 0.05) is 12.3 Å². The van der Waals surface area contributed by atoms with Gasteiger partial charge < -0.3 is 5.11 Å². The lowest BCUT2D eigenvalue weighted by atomic mass is 9.84. The van der Waals surface area contributed by atoms with Crippen molar-refractivity contribution in [2.45, 2.75) is 31.2 Å². The van der Waals surface area contributed by atoms with Crippen LogP contribution < -0.4 is 0 Å². The summed E-state index contributed by atoms with van der Waals surface area (Å²) in [5.41, 5.74) is 10.7. The highest BCUT2D eigenvalue weighted by atomic mass is 35.5. The van der Waals surface area contributed by atoms with E-state index in [0.29, 0.717) is 6.42 Å². The van der Waals surface area contributed by atoms with E-state index in [1.807, 2.05) is 54.6 Å². The van der Waals surface area contributed by atoms with E-state index < -0.39 is 12.0 Å². The molecule has 1 N–H and O–H groups in total. The molecule has 0 bridgehead atoms. The van der Waals surface area contributed by atoms with Crippen LogP contribution in [0.3, 0.4) is 0 Å². The van der Waals surface area contributed by atoms with Crippen LogP contribution in [0.25, 0.3) is 10.4 Å². The topological polar surface area (TPSA) is 89.3 Å². The summed E-state index contributed by atoms with van der Waals surface area (Å²) in [5.74, 6) is -1.07. The van der Waals surface area contributed by atoms with Gasteiger partial charge in [-0.05, 0) is 22.8 Å². The summed E-state index contributed by atoms with van der Waals surface area (Å²) < 4.78 is 0.876. The van der Waals surface area contributed by atoms with E-state index in [4.69, 9.17) is 17.3 Å². The first-order valence-electron chi connectivity index (χ1n) is 7.92. The van der Waals surface area contributed by atoms with Gasteiger partial charge in [0.2, 0.25) is 0 Å². The summed E-state index contributed by atoms with van der Waals surface area (Å²) in [5, 5.41) is 12.5. The van der Waals surface area contributed by atoms with E-state index in [-0.39, 0.29) is 12.3 Å². The Balaban J connectivity index is 2.36. The number of carboxylic acids is 1. The lowest BCUT2D eigenvalue weighted by Crippen LogP contribution is -2.28. The normalized spacial score (nSPS) is 15.5. The van der Waals surface area contributed by atoms with Crippen molar-refractivity contribution < 1.29 is 9.90 Å². The van der Waals surface area contributed by atoms with Gasteiger partial charge in [-0.3, -0.25) is 4.79 Å². The molecule has 0 saturated heterocycles. The number of aliphatic carboxylic acids is 1. The predicted octanol–water partition coefficient (Wildman–Crippen LogP) is 5.13. The van der Waals surface area contributed by atoms with Crippen molar-refractivity contribution in [2.24, 2.45) is 5.22 Å². The fourth-order valence-corrected chi connectivity index (χ4v) is 2.99. The van der Waals surface area contributed by atoms with Gasteiger partial charge in [0.15, 0.2) is 0 Å². The number of hydrogen-bond acceptors (Lipinski definition) is 2. The molecule has 2 unspecified atom stereocenters. The molecule has 0 fully saturated rings. The zero-order valence-corrected chi connectivity index (χ0v) is 14.3. The highest BCUT2D eigenvalue weighted by Gasteiger charge is 2.29. The molecule has 2 rings (SSSR count). The zero-order valence-electron chi connectivity index (χ0n) is 13.6. The van der Waals surface area contributed by atoms with Crippen molar-refractivity contribution >= 4 is 17.7 Å². The first-order valence-corrected chi connectivity index (χ1v) is 8.25. The second-order valence-corrected chi connectivity index (χ2v) is 6.00. The molecular weight excluding hydrogens is 340 g/mol. The van der Waals surface area contributed by atoms with Gasteiger partial charge in [-0.1, -0.05) is 60.7 Å². The molecule has 1 aromatic rings. The summed E-state index contributed by atoms with van der Waals surface area (Å²) in [4.78, 5) is 13.9. The third-order valence-electron chi connectivity index (χ3n) is 3.96. The minimum absolute atomic E-state index is 0.0697. The number of carboxylic acid groups (broad SMARTS) is 1. The maximum Gasteiger partial charge on any atom is 0.307 e. The molecule has 6 nitrogen and oxygen atoms in total. The lowest BCUT2D eigenvalue weighted by molar-refractivity contribution is -0.138. The first-order chi connectivity index (χ1) is 12.1. The van der Waals surface area contributed by atoms with Crippen LogP contribution in [0.4, 0.5) is 0 Å². The quantitative estimate of drug-likeness (QED) is 0.230. The van der Waals surface area contributed by atoms with Crippen LogP contribution in [0.1, 0.15) is 30.7 Å². The second-order valence-electron chi connectivity index (χ2n) is 5.65. The Kier molecular flexibility index (Phi) is 7.14. The number of hydrogen-bond donors (Lipinski definition) is 1. The van der Waals surface area contributed by atoms with Crippen molar-refractivity contribution in [2.75, 3.05) is 0 Å². The summed E-state index contributed by atoms with van der Waals surface area (Å²) in [6.45, 7) is 0. The molecule has 1 aliphatic carbocycles. The van der Waals surface area contributed by atoms with Crippen molar-refractivity contribution in [1.82, 2.24) is 4.53 Å². The Morgan fingerprint density at radius 3 is 2.80 bits per heavy atom. The number of carbonyl (C=O) groups is 1. The van der Waals surface area contributed by atoms with E-state index in [0.717, 1.165) is 22.1 Å². The molecule has 7 heteroatoms. The SMILES string of the molecule is [N-]=[N+]=NN(Cl)C(CC(=O)O)CC(C1=CC=CCC=C1)c1ccccc1. The van der Waals surface area contributed by atoms with Gasteiger partial charge in [0.25, 0.3) is 0 Å². The largest absolute Gasteiger partial charge is 0.481 e. The number of nitrogens with zero attached hydrogens (tertiary/aromatic N) is 4. The average Bonchev–Trinajstić information content (AvgIpc) is 2.88.